The Morgan fingerprint density at radius 1 is 1.22 bits per heavy atom. The third-order valence-corrected chi connectivity index (χ3v) is 4.34. The molecule has 2 aliphatic carbocycles. The van der Waals surface area contributed by atoms with Gasteiger partial charge in [0.1, 0.15) is 0 Å². The van der Waals surface area contributed by atoms with Crippen LogP contribution in [0, 0.1) is 11.8 Å². The molecule has 0 radical (unpaired) electrons. The summed E-state index contributed by atoms with van der Waals surface area (Å²) in [6.07, 6.45) is 7.65. The largest absolute Gasteiger partial charge is 0.396 e. The summed E-state index contributed by atoms with van der Waals surface area (Å²) in [5.41, 5.74) is 0. The molecule has 3 N–H and O–H groups in total. The highest BCUT2D eigenvalue weighted by molar-refractivity contribution is 5.75. The van der Waals surface area contributed by atoms with E-state index in [-0.39, 0.29) is 6.03 Å². The minimum Gasteiger partial charge on any atom is -0.396 e. The van der Waals surface area contributed by atoms with Crippen molar-refractivity contribution < 1.29 is 9.90 Å². The zero-order valence-corrected chi connectivity index (χ0v) is 11.3. The average molecular weight is 254 g/mol. The van der Waals surface area contributed by atoms with Gasteiger partial charge in [0.15, 0.2) is 0 Å². The van der Waals surface area contributed by atoms with Gasteiger partial charge in [-0.1, -0.05) is 13.3 Å². The van der Waals surface area contributed by atoms with Crippen LogP contribution in [0.3, 0.4) is 0 Å². The molecular weight excluding hydrogens is 228 g/mol. The van der Waals surface area contributed by atoms with E-state index in [9.17, 15) is 4.79 Å². The van der Waals surface area contributed by atoms with Crippen molar-refractivity contribution in [2.75, 3.05) is 6.61 Å². The molecule has 0 bridgehead atoms. The number of hydrogen-bond donors (Lipinski definition) is 3. The molecule has 2 rings (SSSR count). The van der Waals surface area contributed by atoms with Crippen molar-refractivity contribution in [1.82, 2.24) is 10.6 Å². The van der Waals surface area contributed by atoms with E-state index in [0.29, 0.717) is 30.5 Å². The standard InChI is InChI=1S/C14H26N2O2/c1-2-3-11-8-13(11)16-14(18)15-12-6-4-10(9-17)5-7-12/h10-13,17H,2-9H2,1H3,(H2,15,16,18). The molecule has 104 valence electrons. The quantitative estimate of drug-likeness (QED) is 0.703. The van der Waals surface area contributed by atoms with Gasteiger partial charge in [0.05, 0.1) is 0 Å². The first-order chi connectivity index (χ1) is 8.72. The Kier molecular flexibility index (Phi) is 4.87. The van der Waals surface area contributed by atoms with Gasteiger partial charge in [0, 0.05) is 18.7 Å². The molecule has 0 aromatic rings. The molecule has 2 atom stereocenters. The first-order valence-corrected chi connectivity index (χ1v) is 7.40. The number of hydrogen-bond acceptors (Lipinski definition) is 2. The van der Waals surface area contributed by atoms with Crippen molar-refractivity contribution in [3.63, 3.8) is 0 Å². The van der Waals surface area contributed by atoms with Gasteiger partial charge in [0.2, 0.25) is 0 Å². The van der Waals surface area contributed by atoms with Crippen molar-refractivity contribution in [3.05, 3.63) is 0 Å². The lowest BCUT2D eigenvalue weighted by Gasteiger charge is -2.28. The topological polar surface area (TPSA) is 61.4 Å². The Balaban J connectivity index is 1.60. The van der Waals surface area contributed by atoms with Crippen LogP contribution in [0.25, 0.3) is 0 Å². The van der Waals surface area contributed by atoms with Crippen LogP contribution in [0.15, 0.2) is 0 Å². The normalized spacial score (nSPS) is 35.0. The zero-order valence-electron chi connectivity index (χ0n) is 11.3. The number of carbonyl (C=O) groups excluding carboxylic acids is 1. The fraction of sp³-hybridized carbons (Fsp3) is 0.929. The average Bonchev–Trinajstić information content (AvgIpc) is 3.08. The summed E-state index contributed by atoms with van der Waals surface area (Å²) in [6.45, 7) is 2.48. The van der Waals surface area contributed by atoms with Crippen LogP contribution in [-0.4, -0.2) is 29.8 Å². The fourth-order valence-corrected chi connectivity index (χ4v) is 3.00. The first kappa shape index (κ1) is 13.7. The third kappa shape index (κ3) is 3.87. The second-order valence-electron chi connectivity index (χ2n) is 5.91. The van der Waals surface area contributed by atoms with Gasteiger partial charge in [-0.3, -0.25) is 0 Å². The van der Waals surface area contributed by atoms with Gasteiger partial charge >= 0.3 is 6.03 Å². The Bertz CT molecular complexity index is 275. The molecule has 0 saturated heterocycles. The van der Waals surface area contributed by atoms with E-state index in [1.807, 2.05) is 0 Å². The lowest BCUT2D eigenvalue weighted by molar-refractivity contribution is 0.174. The molecule has 2 unspecified atom stereocenters. The van der Waals surface area contributed by atoms with Gasteiger partial charge < -0.3 is 15.7 Å². The number of nitrogens with one attached hydrogen (secondary N) is 2. The van der Waals surface area contributed by atoms with Crippen LogP contribution in [0.5, 0.6) is 0 Å². The summed E-state index contributed by atoms with van der Waals surface area (Å²) in [7, 11) is 0. The van der Waals surface area contributed by atoms with Crippen molar-refractivity contribution in [2.45, 2.75) is 64.0 Å². The van der Waals surface area contributed by atoms with Gasteiger partial charge in [-0.15, -0.1) is 0 Å². The molecule has 2 fully saturated rings. The second-order valence-corrected chi connectivity index (χ2v) is 5.91. The Labute approximate surface area is 110 Å². The third-order valence-electron chi connectivity index (χ3n) is 4.34. The molecule has 0 aromatic carbocycles. The number of aliphatic hydroxyl groups is 1. The molecule has 18 heavy (non-hydrogen) atoms. The molecule has 2 amide bonds. The summed E-state index contributed by atoms with van der Waals surface area (Å²) in [5.74, 6) is 1.16. The van der Waals surface area contributed by atoms with E-state index in [0.717, 1.165) is 32.1 Å². The van der Waals surface area contributed by atoms with Gasteiger partial charge in [0.25, 0.3) is 0 Å². The minimum absolute atomic E-state index is 0.00560. The van der Waals surface area contributed by atoms with Crippen LogP contribution in [-0.2, 0) is 0 Å². The van der Waals surface area contributed by atoms with Crippen molar-refractivity contribution in [2.24, 2.45) is 11.8 Å². The lowest BCUT2D eigenvalue weighted by Crippen LogP contribution is -2.44. The smallest absolute Gasteiger partial charge is 0.315 e. The van der Waals surface area contributed by atoms with Crippen molar-refractivity contribution >= 4 is 6.03 Å². The molecule has 4 heteroatoms. The molecule has 0 aromatic heterocycles. The van der Waals surface area contributed by atoms with Gasteiger partial charge in [-0.25, -0.2) is 4.79 Å². The van der Waals surface area contributed by atoms with E-state index < -0.39 is 0 Å². The molecule has 4 nitrogen and oxygen atoms in total. The predicted octanol–water partition coefficient (Wildman–Crippen LogP) is 2.03. The molecule has 2 aliphatic rings. The van der Waals surface area contributed by atoms with Crippen LogP contribution >= 0.6 is 0 Å². The summed E-state index contributed by atoms with van der Waals surface area (Å²) in [6, 6.07) is 0.723. The summed E-state index contributed by atoms with van der Waals surface area (Å²) in [5, 5.41) is 15.2. The molecule has 2 saturated carbocycles. The van der Waals surface area contributed by atoms with Crippen LogP contribution in [0.4, 0.5) is 4.79 Å². The van der Waals surface area contributed by atoms with E-state index in [2.05, 4.69) is 17.6 Å². The number of rotatable bonds is 5. The van der Waals surface area contributed by atoms with E-state index >= 15 is 0 Å². The Morgan fingerprint density at radius 2 is 1.94 bits per heavy atom. The molecule has 0 spiro atoms. The van der Waals surface area contributed by atoms with Gasteiger partial charge in [-0.2, -0.15) is 0 Å². The minimum atomic E-state index is 0.00560. The number of amides is 2. The van der Waals surface area contributed by atoms with Crippen molar-refractivity contribution in [3.8, 4) is 0 Å². The number of urea groups is 1. The predicted molar refractivity (Wildman–Crippen MR) is 71.3 cm³/mol. The second kappa shape index (κ2) is 6.41. The molecular formula is C14H26N2O2. The van der Waals surface area contributed by atoms with Crippen LogP contribution in [0.2, 0.25) is 0 Å². The Morgan fingerprint density at radius 3 is 2.56 bits per heavy atom. The van der Waals surface area contributed by atoms with E-state index in [4.69, 9.17) is 5.11 Å². The van der Waals surface area contributed by atoms with Crippen LogP contribution in [0.1, 0.15) is 51.9 Å². The molecule has 0 aliphatic heterocycles. The maximum Gasteiger partial charge on any atom is 0.315 e. The maximum absolute atomic E-state index is 11.8. The lowest BCUT2D eigenvalue weighted by atomic mass is 9.87. The van der Waals surface area contributed by atoms with E-state index in [1.54, 1.807) is 0 Å². The Hall–Kier alpha value is -0.770. The highest BCUT2D eigenvalue weighted by Crippen LogP contribution is 2.34. The zero-order chi connectivity index (χ0) is 13.0. The highest BCUT2D eigenvalue weighted by Gasteiger charge is 2.37. The SMILES string of the molecule is CCCC1CC1NC(=O)NC1CCC(CO)CC1. The van der Waals surface area contributed by atoms with Crippen molar-refractivity contribution in [1.29, 1.82) is 0 Å². The monoisotopic (exact) mass is 254 g/mol. The number of carbonyl (C=O) groups is 1. The molecule has 0 heterocycles. The maximum atomic E-state index is 11.8. The van der Waals surface area contributed by atoms with Crippen LogP contribution < -0.4 is 10.6 Å². The summed E-state index contributed by atoms with van der Waals surface area (Å²) in [4.78, 5) is 11.8. The van der Waals surface area contributed by atoms with E-state index in [1.165, 1.54) is 12.8 Å². The highest BCUT2D eigenvalue weighted by atomic mass is 16.3. The van der Waals surface area contributed by atoms with Gasteiger partial charge in [-0.05, 0) is 50.4 Å². The summed E-state index contributed by atoms with van der Waals surface area (Å²) >= 11 is 0. The number of aliphatic hydroxyl groups excluding tert-OH is 1. The fourth-order valence-electron chi connectivity index (χ4n) is 3.00. The summed E-state index contributed by atoms with van der Waals surface area (Å²) < 4.78 is 0. The first-order valence-electron chi connectivity index (χ1n) is 7.40.